The summed E-state index contributed by atoms with van der Waals surface area (Å²) in [7, 11) is 3.42. The first-order valence-electron chi connectivity index (χ1n) is 11.1. The lowest BCUT2D eigenvalue weighted by Gasteiger charge is -2.27. The minimum absolute atomic E-state index is 0.0850. The Morgan fingerprint density at radius 3 is 2.85 bits per heavy atom. The Kier molecular flexibility index (Phi) is 6.06. The Hall–Kier alpha value is -3.30. The van der Waals surface area contributed by atoms with Gasteiger partial charge in [0, 0.05) is 31.3 Å². The van der Waals surface area contributed by atoms with Crippen LogP contribution < -0.4 is 4.74 Å². The molecule has 1 aliphatic carbocycles. The molecule has 3 heterocycles. The molecule has 1 unspecified atom stereocenters. The minimum atomic E-state index is -0.118. The first kappa shape index (κ1) is 21.5. The maximum atomic E-state index is 13.3. The molecule has 9 heteroatoms. The Balaban J connectivity index is 1.45. The summed E-state index contributed by atoms with van der Waals surface area (Å²) in [4.78, 5) is 24.2. The van der Waals surface area contributed by atoms with Gasteiger partial charge in [0.25, 0.3) is 11.9 Å². The van der Waals surface area contributed by atoms with Crippen molar-refractivity contribution >= 4 is 5.91 Å². The van der Waals surface area contributed by atoms with Crippen LogP contribution in [0.5, 0.6) is 5.75 Å². The highest BCUT2D eigenvalue weighted by Crippen LogP contribution is 2.42. The molecule has 1 amide bonds. The summed E-state index contributed by atoms with van der Waals surface area (Å²) in [5.41, 5.74) is 3.05. The molecule has 2 fully saturated rings. The molecule has 2 aliphatic rings. The van der Waals surface area contributed by atoms with Crippen molar-refractivity contribution in [3.63, 3.8) is 0 Å². The lowest BCUT2D eigenvalue weighted by Crippen LogP contribution is -2.41. The van der Waals surface area contributed by atoms with E-state index in [1.54, 1.807) is 36.1 Å². The van der Waals surface area contributed by atoms with Crippen molar-refractivity contribution < 1.29 is 19.0 Å². The van der Waals surface area contributed by atoms with E-state index in [2.05, 4.69) is 10.1 Å². The lowest BCUT2D eigenvalue weighted by molar-refractivity contribution is -0.0933. The molecule has 0 radical (unpaired) electrons. The van der Waals surface area contributed by atoms with Gasteiger partial charge in [0.1, 0.15) is 5.75 Å². The lowest BCUT2D eigenvalue weighted by atomic mass is 10.1. The number of carbonyl (C=O) groups is 1. The predicted octanol–water partition coefficient (Wildman–Crippen LogP) is 2.70. The number of likely N-dealkylation sites (N-methyl/N-ethyl adjacent to an activating group) is 1. The molecular formula is C24H27N5O4. The van der Waals surface area contributed by atoms with Crippen LogP contribution in [0.15, 0.2) is 42.7 Å². The number of nitrogens with zero attached hydrogens (tertiary/aromatic N) is 5. The van der Waals surface area contributed by atoms with Crippen LogP contribution in [0.25, 0.3) is 17.2 Å². The highest BCUT2D eigenvalue weighted by atomic mass is 16.6. The summed E-state index contributed by atoms with van der Waals surface area (Å²) < 4.78 is 18.4. The molecule has 1 saturated heterocycles. The summed E-state index contributed by atoms with van der Waals surface area (Å²) in [5, 5.41) is 4.53. The van der Waals surface area contributed by atoms with E-state index in [0.717, 1.165) is 35.5 Å². The number of para-hydroxylation sites is 1. The van der Waals surface area contributed by atoms with Crippen molar-refractivity contribution in [3.8, 4) is 23.0 Å². The highest BCUT2D eigenvalue weighted by molar-refractivity contribution is 5.95. The van der Waals surface area contributed by atoms with E-state index < -0.39 is 0 Å². The minimum Gasteiger partial charge on any atom is -0.496 e. The molecule has 2 aromatic heterocycles. The van der Waals surface area contributed by atoms with Gasteiger partial charge in [0.05, 0.1) is 56.2 Å². The van der Waals surface area contributed by atoms with E-state index in [4.69, 9.17) is 19.2 Å². The van der Waals surface area contributed by atoms with Gasteiger partial charge >= 0.3 is 0 Å². The third-order valence-electron chi connectivity index (χ3n) is 5.93. The maximum absolute atomic E-state index is 13.3. The monoisotopic (exact) mass is 449 g/mol. The van der Waals surface area contributed by atoms with Crippen molar-refractivity contribution in [2.75, 3.05) is 40.5 Å². The first-order valence-corrected chi connectivity index (χ1v) is 11.1. The van der Waals surface area contributed by atoms with Gasteiger partial charge in [-0.2, -0.15) is 5.10 Å². The average Bonchev–Trinajstić information content (AvgIpc) is 3.61. The molecule has 3 aromatic rings. The van der Waals surface area contributed by atoms with Crippen molar-refractivity contribution in [1.29, 1.82) is 0 Å². The Morgan fingerprint density at radius 2 is 2.09 bits per heavy atom. The number of benzene rings is 1. The quantitative estimate of drug-likeness (QED) is 0.548. The third-order valence-corrected chi connectivity index (χ3v) is 5.93. The number of amides is 1. The van der Waals surface area contributed by atoms with Gasteiger partial charge in [-0.05, 0) is 31.0 Å². The summed E-state index contributed by atoms with van der Waals surface area (Å²) in [6.07, 6.45) is 5.25. The third kappa shape index (κ3) is 4.46. The molecule has 0 bridgehead atoms. The van der Waals surface area contributed by atoms with Gasteiger partial charge in [-0.1, -0.05) is 12.1 Å². The van der Waals surface area contributed by atoms with Crippen molar-refractivity contribution in [3.05, 3.63) is 54.0 Å². The molecule has 1 saturated carbocycles. The molecule has 1 aliphatic heterocycles. The Morgan fingerprint density at radius 1 is 1.24 bits per heavy atom. The molecule has 0 spiro atoms. The Labute approximate surface area is 192 Å². The smallest absolute Gasteiger partial charge is 0.257 e. The zero-order valence-corrected chi connectivity index (χ0v) is 18.8. The van der Waals surface area contributed by atoms with E-state index in [9.17, 15) is 4.79 Å². The van der Waals surface area contributed by atoms with Crippen LogP contribution in [0.2, 0.25) is 0 Å². The average molecular weight is 450 g/mol. The highest BCUT2D eigenvalue weighted by Gasteiger charge is 2.35. The number of aromatic nitrogens is 4. The Bertz CT molecular complexity index is 1140. The van der Waals surface area contributed by atoms with Crippen LogP contribution in [0.4, 0.5) is 0 Å². The van der Waals surface area contributed by atoms with Gasteiger partial charge in [0.2, 0.25) is 0 Å². The molecule has 0 N–H and O–H groups in total. The number of rotatable bonds is 7. The normalized spacial score (nSPS) is 18.2. The predicted molar refractivity (Wildman–Crippen MR) is 121 cm³/mol. The van der Waals surface area contributed by atoms with E-state index in [1.165, 1.54) is 0 Å². The second-order valence-electron chi connectivity index (χ2n) is 8.33. The van der Waals surface area contributed by atoms with Gasteiger partial charge in [-0.3, -0.25) is 4.79 Å². The van der Waals surface area contributed by atoms with Gasteiger partial charge in [-0.25, -0.2) is 14.6 Å². The molecule has 1 aromatic carbocycles. The van der Waals surface area contributed by atoms with E-state index >= 15 is 0 Å². The standard InChI is InChI=1S/C24H27N5O4/c1-28(14-17-15-32-11-12-33-17)23(30)19-13-26-29(22(19)16-7-8-16)24-25-10-9-20(27-24)18-5-3-4-6-21(18)31-2/h3-6,9-10,13,16-17H,7-8,11-12,14-15H2,1-2H3. The second kappa shape index (κ2) is 9.29. The summed E-state index contributed by atoms with van der Waals surface area (Å²) in [5.74, 6) is 1.35. The van der Waals surface area contributed by atoms with Crippen LogP contribution in [-0.2, 0) is 9.47 Å². The molecule has 172 valence electrons. The second-order valence-corrected chi connectivity index (χ2v) is 8.33. The van der Waals surface area contributed by atoms with E-state index in [0.29, 0.717) is 37.9 Å². The fourth-order valence-corrected chi connectivity index (χ4v) is 4.12. The van der Waals surface area contributed by atoms with Gasteiger partial charge in [0.15, 0.2) is 0 Å². The molecular weight excluding hydrogens is 422 g/mol. The van der Waals surface area contributed by atoms with Gasteiger partial charge < -0.3 is 19.1 Å². The SMILES string of the molecule is COc1ccccc1-c1ccnc(-n2ncc(C(=O)N(C)CC3COCCO3)c2C2CC2)n1. The summed E-state index contributed by atoms with van der Waals surface area (Å²) >= 11 is 0. The number of ether oxygens (including phenoxy) is 3. The van der Waals surface area contributed by atoms with Crippen LogP contribution >= 0.6 is 0 Å². The number of carbonyl (C=O) groups excluding carboxylic acids is 1. The van der Waals surface area contributed by atoms with Crippen molar-refractivity contribution in [1.82, 2.24) is 24.6 Å². The van der Waals surface area contributed by atoms with Crippen molar-refractivity contribution in [2.45, 2.75) is 24.9 Å². The number of hydrogen-bond acceptors (Lipinski definition) is 7. The largest absolute Gasteiger partial charge is 0.496 e. The maximum Gasteiger partial charge on any atom is 0.257 e. The zero-order valence-electron chi connectivity index (χ0n) is 18.8. The molecule has 5 rings (SSSR count). The summed E-state index contributed by atoms with van der Waals surface area (Å²) in [6.45, 7) is 2.11. The zero-order chi connectivity index (χ0) is 22.8. The number of hydrogen-bond donors (Lipinski definition) is 0. The fraction of sp³-hybridized carbons (Fsp3) is 0.417. The molecule has 9 nitrogen and oxygen atoms in total. The molecule has 33 heavy (non-hydrogen) atoms. The van der Waals surface area contributed by atoms with E-state index in [1.807, 2.05) is 30.3 Å². The van der Waals surface area contributed by atoms with Crippen LogP contribution in [-0.4, -0.2) is 77.2 Å². The fourth-order valence-electron chi connectivity index (χ4n) is 4.12. The number of methoxy groups -OCH3 is 1. The topological polar surface area (TPSA) is 91.6 Å². The van der Waals surface area contributed by atoms with Crippen LogP contribution in [0.1, 0.15) is 34.8 Å². The van der Waals surface area contributed by atoms with Crippen LogP contribution in [0, 0.1) is 0 Å². The van der Waals surface area contributed by atoms with Gasteiger partial charge in [-0.15, -0.1) is 0 Å². The first-order chi connectivity index (χ1) is 16.2. The van der Waals surface area contributed by atoms with E-state index in [-0.39, 0.29) is 17.9 Å². The van der Waals surface area contributed by atoms with Crippen molar-refractivity contribution in [2.24, 2.45) is 0 Å². The van der Waals surface area contributed by atoms with Crippen LogP contribution in [0.3, 0.4) is 0 Å². The summed E-state index contributed by atoms with van der Waals surface area (Å²) in [6, 6.07) is 9.55. The molecule has 1 atom stereocenters.